The van der Waals surface area contributed by atoms with Crippen LogP contribution in [-0.4, -0.2) is 32.4 Å². The van der Waals surface area contributed by atoms with Gasteiger partial charge in [-0.25, -0.2) is 4.79 Å². The number of nitrogens with one attached hydrogen (secondary N) is 2. The quantitative estimate of drug-likeness (QED) is 0.473. The van der Waals surface area contributed by atoms with Gasteiger partial charge in [-0.05, 0) is 42.0 Å². The number of carbonyl (C=O) groups excluding carboxylic acids is 1. The number of thiophene rings is 1. The highest BCUT2D eigenvalue weighted by molar-refractivity contribution is 7.13. The Hall–Kier alpha value is -3.26. The van der Waals surface area contributed by atoms with E-state index in [-0.39, 0.29) is 12.6 Å². The smallest absolute Gasteiger partial charge is 0.315 e. The molecule has 0 unspecified atom stereocenters. The lowest BCUT2D eigenvalue weighted by Crippen LogP contribution is -2.36. The summed E-state index contributed by atoms with van der Waals surface area (Å²) in [5, 5.41) is 20.5. The predicted molar refractivity (Wildman–Crippen MR) is 109 cm³/mol. The number of benzene rings is 1. The summed E-state index contributed by atoms with van der Waals surface area (Å²) in [6.07, 6.45) is 1.82. The standard InChI is InChI=1S/C20H20N6OS/c27-20(21-12-4-8-15-6-2-1-3-7-15)22-14-19-24-23-18-11-10-16(25-26(18)19)17-9-5-13-28-17/h1-3,5-7,9-11,13H,4,8,12,14H2,(H2,21,22,27). The van der Waals surface area contributed by atoms with E-state index >= 15 is 0 Å². The Morgan fingerprint density at radius 2 is 1.89 bits per heavy atom. The van der Waals surface area contributed by atoms with Crippen LogP contribution in [0.4, 0.5) is 4.79 Å². The van der Waals surface area contributed by atoms with Crippen LogP contribution in [0, 0.1) is 0 Å². The topological polar surface area (TPSA) is 84.2 Å². The maximum absolute atomic E-state index is 12.0. The molecule has 4 rings (SSSR count). The Balaban J connectivity index is 1.30. The largest absolute Gasteiger partial charge is 0.338 e. The van der Waals surface area contributed by atoms with Crippen molar-refractivity contribution in [1.29, 1.82) is 0 Å². The number of amides is 2. The van der Waals surface area contributed by atoms with Crippen molar-refractivity contribution < 1.29 is 4.79 Å². The van der Waals surface area contributed by atoms with Crippen LogP contribution in [0.1, 0.15) is 17.8 Å². The van der Waals surface area contributed by atoms with E-state index in [0.29, 0.717) is 18.0 Å². The molecule has 2 amide bonds. The molecule has 142 valence electrons. The van der Waals surface area contributed by atoms with Gasteiger partial charge in [0.15, 0.2) is 11.5 Å². The number of nitrogens with zero attached hydrogens (tertiary/aromatic N) is 4. The summed E-state index contributed by atoms with van der Waals surface area (Å²) in [6, 6.07) is 17.8. The van der Waals surface area contributed by atoms with Crippen LogP contribution in [0.5, 0.6) is 0 Å². The number of hydrogen-bond donors (Lipinski definition) is 2. The van der Waals surface area contributed by atoms with Gasteiger partial charge in [0.2, 0.25) is 0 Å². The van der Waals surface area contributed by atoms with Crippen molar-refractivity contribution >= 4 is 23.0 Å². The summed E-state index contributed by atoms with van der Waals surface area (Å²) in [4.78, 5) is 13.1. The Kier molecular flexibility index (Phi) is 5.58. The number of urea groups is 1. The molecule has 1 aromatic carbocycles. The molecular weight excluding hydrogens is 372 g/mol. The van der Waals surface area contributed by atoms with Gasteiger partial charge in [-0.2, -0.15) is 9.61 Å². The lowest BCUT2D eigenvalue weighted by molar-refractivity contribution is 0.240. The second-order valence-electron chi connectivity index (χ2n) is 6.28. The fourth-order valence-electron chi connectivity index (χ4n) is 2.86. The molecule has 0 saturated carbocycles. The zero-order chi connectivity index (χ0) is 19.2. The van der Waals surface area contributed by atoms with E-state index in [1.54, 1.807) is 15.9 Å². The van der Waals surface area contributed by atoms with E-state index in [1.165, 1.54) is 5.56 Å². The van der Waals surface area contributed by atoms with E-state index in [9.17, 15) is 4.79 Å². The van der Waals surface area contributed by atoms with Gasteiger partial charge in [0.1, 0.15) is 5.69 Å². The first-order valence-electron chi connectivity index (χ1n) is 9.10. The first kappa shape index (κ1) is 18.1. The fraction of sp³-hybridized carbons (Fsp3) is 0.200. The maximum atomic E-state index is 12.0. The molecule has 28 heavy (non-hydrogen) atoms. The number of aryl methyl sites for hydroxylation is 1. The monoisotopic (exact) mass is 392 g/mol. The summed E-state index contributed by atoms with van der Waals surface area (Å²) < 4.78 is 1.67. The van der Waals surface area contributed by atoms with Crippen molar-refractivity contribution in [2.45, 2.75) is 19.4 Å². The molecule has 4 aromatic rings. The van der Waals surface area contributed by atoms with Crippen LogP contribution in [0.15, 0.2) is 60.0 Å². The average Bonchev–Trinajstić information content (AvgIpc) is 3.40. The number of fused-ring (bicyclic) bond motifs is 1. The molecule has 0 aliphatic carbocycles. The molecule has 0 atom stereocenters. The van der Waals surface area contributed by atoms with Crippen molar-refractivity contribution in [1.82, 2.24) is 30.4 Å². The van der Waals surface area contributed by atoms with Crippen molar-refractivity contribution in [3.8, 4) is 10.6 Å². The zero-order valence-corrected chi connectivity index (χ0v) is 16.0. The molecular formula is C20H20N6OS. The number of hydrogen-bond acceptors (Lipinski definition) is 5. The van der Waals surface area contributed by atoms with Gasteiger partial charge in [0.25, 0.3) is 0 Å². The van der Waals surface area contributed by atoms with E-state index in [0.717, 1.165) is 23.4 Å². The lowest BCUT2D eigenvalue weighted by atomic mass is 10.1. The highest BCUT2D eigenvalue weighted by atomic mass is 32.1. The molecule has 0 spiro atoms. The Labute approximate surface area is 166 Å². The van der Waals surface area contributed by atoms with Crippen molar-refractivity contribution in [2.24, 2.45) is 0 Å². The Bertz CT molecular complexity index is 1050. The van der Waals surface area contributed by atoms with Crippen LogP contribution in [0.3, 0.4) is 0 Å². The van der Waals surface area contributed by atoms with Gasteiger partial charge in [-0.15, -0.1) is 21.5 Å². The maximum Gasteiger partial charge on any atom is 0.315 e. The minimum Gasteiger partial charge on any atom is -0.338 e. The number of rotatable bonds is 7. The van der Waals surface area contributed by atoms with Gasteiger partial charge in [-0.3, -0.25) is 0 Å². The third-order valence-corrected chi connectivity index (χ3v) is 5.17. The molecule has 0 saturated heterocycles. The molecule has 7 nitrogen and oxygen atoms in total. The average molecular weight is 392 g/mol. The second kappa shape index (κ2) is 8.62. The molecule has 0 aliphatic heterocycles. The molecule has 3 aromatic heterocycles. The Morgan fingerprint density at radius 1 is 1.00 bits per heavy atom. The van der Waals surface area contributed by atoms with Crippen LogP contribution in [-0.2, 0) is 13.0 Å². The van der Waals surface area contributed by atoms with Crippen LogP contribution in [0.25, 0.3) is 16.2 Å². The van der Waals surface area contributed by atoms with Gasteiger partial charge in [0.05, 0.1) is 11.4 Å². The Morgan fingerprint density at radius 3 is 2.71 bits per heavy atom. The normalized spacial score (nSPS) is 10.9. The van der Waals surface area contributed by atoms with Gasteiger partial charge >= 0.3 is 6.03 Å². The highest BCUT2D eigenvalue weighted by Gasteiger charge is 2.10. The number of carbonyl (C=O) groups is 1. The van der Waals surface area contributed by atoms with E-state index in [1.807, 2.05) is 47.8 Å². The van der Waals surface area contributed by atoms with Crippen molar-refractivity contribution in [2.75, 3.05) is 6.54 Å². The minimum atomic E-state index is -0.223. The molecule has 0 radical (unpaired) electrons. The van der Waals surface area contributed by atoms with Crippen molar-refractivity contribution in [3.05, 3.63) is 71.4 Å². The first-order chi connectivity index (χ1) is 13.8. The number of aromatic nitrogens is 4. The van der Waals surface area contributed by atoms with E-state index < -0.39 is 0 Å². The molecule has 2 N–H and O–H groups in total. The summed E-state index contributed by atoms with van der Waals surface area (Å²) >= 11 is 1.62. The first-order valence-corrected chi connectivity index (χ1v) is 9.98. The third kappa shape index (κ3) is 4.34. The van der Waals surface area contributed by atoms with Crippen LogP contribution < -0.4 is 10.6 Å². The summed E-state index contributed by atoms with van der Waals surface area (Å²) in [6.45, 7) is 0.870. The molecule has 3 heterocycles. The van der Waals surface area contributed by atoms with Crippen molar-refractivity contribution in [3.63, 3.8) is 0 Å². The zero-order valence-electron chi connectivity index (χ0n) is 15.2. The van der Waals surface area contributed by atoms with E-state index in [2.05, 4.69) is 38.1 Å². The van der Waals surface area contributed by atoms with Gasteiger partial charge in [-0.1, -0.05) is 36.4 Å². The van der Waals surface area contributed by atoms with Gasteiger partial charge < -0.3 is 10.6 Å². The molecule has 8 heteroatoms. The minimum absolute atomic E-state index is 0.223. The SMILES string of the molecule is O=C(NCCCc1ccccc1)NCc1nnc2ccc(-c3cccs3)nn12. The summed E-state index contributed by atoms with van der Waals surface area (Å²) in [5.74, 6) is 0.591. The van der Waals surface area contributed by atoms with Gasteiger partial charge in [0, 0.05) is 6.54 Å². The summed E-state index contributed by atoms with van der Waals surface area (Å²) in [5.41, 5.74) is 2.78. The highest BCUT2D eigenvalue weighted by Crippen LogP contribution is 2.22. The summed E-state index contributed by atoms with van der Waals surface area (Å²) in [7, 11) is 0. The van der Waals surface area contributed by atoms with E-state index in [4.69, 9.17) is 0 Å². The second-order valence-corrected chi connectivity index (χ2v) is 7.23. The van der Waals surface area contributed by atoms with Crippen LogP contribution >= 0.6 is 11.3 Å². The molecule has 0 aliphatic rings. The lowest BCUT2D eigenvalue weighted by Gasteiger charge is -2.07. The molecule has 0 bridgehead atoms. The predicted octanol–water partition coefficient (Wildman–Crippen LogP) is 3.28. The third-order valence-electron chi connectivity index (χ3n) is 4.28. The molecule has 0 fully saturated rings. The van der Waals surface area contributed by atoms with Crippen LogP contribution in [0.2, 0.25) is 0 Å². The fourth-order valence-corrected chi connectivity index (χ4v) is 3.55.